The van der Waals surface area contributed by atoms with Crippen molar-refractivity contribution >= 4 is 5.97 Å². The van der Waals surface area contributed by atoms with E-state index in [1.165, 1.54) is 12.8 Å². The Balaban J connectivity index is 4.34. The molecule has 0 aliphatic carbocycles. The standard InChI is InChI=1S/C12H26N3O2/c1-6-7-8-9-10-15(13-4,14-5)17-12(16)11(2)3/h13-14H,2,6-10H2,1,3-5H3/q+1. The SMILES string of the molecule is C=C(C)C(=O)O[N+](CCCCCC)(NC)NC. The predicted molar refractivity (Wildman–Crippen MR) is 68.3 cm³/mol. The van der Waals surface area contributed by atoms with Crippen molar-refractivity contribution in [2.45, 2.75) is 39.5 Å². The number of nitrogens with one attached hydrogen (secondary N) is 2. The van der Waals surface area contributed by atoms with Crippen molar-refractivity contribution in [2.24, 2.45) is 0 Å². The van der Waals surface area contributed by atoms with Gasteiger partial charge in [-0.3, -0.25) is 0 Å². The topological polar surface area (TPSA) is 50.4 Å². The number of hydrogen-bond acceptors (Lipinski definition) is 4. The number of unbranched alkanes of at least 4 members (excludes halogenated alkanes) is 3. The van der Waals surface area contributed by atoms with E-state index in [0.717, 1.165) is 12.8 Å². The van der Waals surface area contributed by atoms with E-state index in [0.29, 0.717) is 12.1 Å². The highest BCUT2D eigenvalue weighted by Crippen LogP contribution is 2.07. The van der Waals surface area contributed by atoms with E-state index in [-0.39, 0.29) is 4.86 Å². The summed E-state index contributed by atoms with van der Waals surface area (Å²) in [5, 5.41) is 0. The summed E-state index contributed by atoms with van der Waals surface area (Å²) in [5.74, 6) is -0.399. The third kappa shape index (κ3) is 5.81. The van der Waals surface area contributed by atoms with Crippen LogP contribution in [0, 0.1) is 0 Å². The summed E-state index contributed by atoms with van der Waals surface area (Å²) >= 11 is 0. The quantitative estimate of drug-likeness (QED) is 0.280. The molecule has 0 aliphatic heterocycles. The third-order valence-electron chi connectivity index (χ3n) is 2.64. The number of nitrogens with zero attached hydrogens (tertiary/aromatic N) is 1. The number of carbonyl (C=O) groups excluding carboxylic acids is 1. The Kier molecular flexibility index (Phi) is 7.78. The van der Waals surface area contributed by atoms with Crippen molar-refractivity contribution in [3.8, 4) is 0 Å². The Morgan fingerprint density at radius 3 is 2.24 bits per heavy atom. The summed E-state index contributed by atoms with van der Waals surface area (Å²) in [6.07, 6.45) is 4.50. The van der Waals surface area contributed by atoms with E-state index in [4.69, 9.17) is 4.84 Å². The van der Waals surface area contributed by atoms with Crippen LogP contribution in [0.2, 0.25) is 0 Å². The highest BCUT2D eigenvalue weighted by atomic mass is 16.8. The monoisotopic (exact) mass is 244 g/mol. The van der Waals surface area contributed by atoms with Crippen LogP contribution >= 0.6 is 0 Å². The van der Waals surface area contributed by atoms with Gasteiger partial charge in [0.15, 0.2) is 6.54 Å². The first-order chi connectivity index (χ1) is 8.01. The molecule has 0 amide bonds. The molecule has 0 radical (unpaired) electrons. The molecule has 0 aromatic heterocycles. The van der Waals surface area contributed by atoms with E-state index in [1.54, 1.807) is 21.0 Å². The first-order valence-electron chi connectivity index (χ1n) is 6.16. The maximum Gasteiger partial charge on any atom is 0.398 e. The van der Waals surface area contributed by atoms with Crippen LogP contribution < -0.4 is 10.9 Å². The highest BCUT2D eigenvalue weighted by molar-refractivity contribution is 5.86. The van der Waals surface area contributed by atoms with Crippen LogP contribution in [0.3, 0.4) is 0 Å². The van der Waals surface area contributed by atoms with Gasteiger partial charge in [-0.1, -0.05) is 26.3 Å². The molecule has 0 rings (SSSR count). The minimum Gasteiger partial charge on any atom is -0.240 e. The molecule has 0 unspecified atom stereocenters. The summed E-state index contributed by atoms with van der Waals surface area (Å²) in [5.41, 5.74) is 6.34. The molecular weight excluding hydrogens is 218 g/mol. The highest BCUT2D eigenvalue weighted by Gasteiger charge is 2.30. The molecule has 0 aromatic rings. The summed E-state index contributed by atoms with van der Waals surface area (Å²) in [7, 11) is 3.50. The van der Waals surface area contributed by atoms with Gasteiger partial charge in [0.1, 0.15) is 0 Å². The number of hydroxylamine groups is 1. The molecule has 0 atom stereocenters. The molecule has 5 nitrogen and oxygen atoms in total. The van der Waals surface area contributed by atoms with Gasteiger partial charge in [0, 0.05) is 31.0 Å². The predicted octanol–water partition coefficient (Wildman–Crippen LogP) is 1.69. The average Bonchev–Trinajstić information content (AvgIpc) is 2.33. The molecule has 2 N–H and O–H groups in total. The molecule has 17 heavy (non-hydrogen) atoms. The van der Waals surface area contributed by atoms with E-state index in [1.807, 2.05) is 0 Å². The van der Waals surface area contributed by atoms with Crippen LogP contribution in [-0.2, 0) is 9.63 Å². The fourth-order valence-electron chi connectivity index (χ4n) is 1.45. The van der Waals surface area contributed by atoms with E-state index >= 15 is 0 Å². The zero-order valence-electron chi connectivity index (χ0n) is 11.5. The van der Waals surface area contributed by atoms with Gasteiger partial charge in [-0.2, -0.15) is 0 Å². The molecule has 0 aromatic carbocycles. The second kappa shape index (κ2) is 8.22. The van der Waals surface area contributed by atoms with Crippen molar-refractivity contribution in [1.29, 1.82) is 0 Å². The lowest BCUT2D eigenvalue weighted by molar-refractivity contribution is -1.15. The Labute approximate surface area is 104 Å². The first kappa shape index (κ1) is 16.1. The zero-order chi connectivity index (χ0) is 13.3. The summed E-state index contributed by atoms with van der Waals surface area (Å²) in [6.45, 7) is 8.07. The Morgan fingerprint density at radius 2 is 1.82 bits per heavy atom. The van der Waals surface area contributed by atoms with Crippen LogP contribution in [0.4, 0.5) is 0 Å². The summed E-state index contributed by atoms with van der Waals surface area (Å²) in [4.78, 5) is 16.8. The molecule has 0 saturated carbocycles. The van der Waals surface area contributed by atoms with Gasteiger partial charge in [0.05, 0.1) is 0 Å². The van der Waals surface area contributed by atoms with Crippen LogP contribution in [0.15, 0.2) is 12.2 Å². The molecule has 5 heteroatoms. The summed E-state index contributed by atoms with van der Waals surface area (Å²) < 4.78 is 0. The molecule has 0 fully saturated rings. The van der Waals surface area contributed by atoms with Crippen molar-refractivity contribution in [1.82, 2.24) is 10.9 Å². The lowest BCUT2D eigenvalue weighted by Crippen LogP contribution is -2.64. The van der Waals surface area contributed by atoms with Gasteiger partial charge in [-0.05, 0) is 13.3 Å². The lowest BCUT2D eigenvalue weighted by Gasteiger charge is -2.30. The largest absolute Gasteiger partial charge is 0.398 e. The van der Waals surface area contributed by atoms with Gasteiger partial charge in [-0.15, -0.1) is 10.9 Å². The summed E-state index contributed by atoms with van der Waals surface area (Å²) in [6, 6.07) is 0. The smallest absolute Gasteiger partial charge is 0.240 e. The van der Waals surface area contributed by atoms with Crippen LogP contribution in [0.1, 0.15) is 39.5 Å². The van der Waals surface area contributed by atoms with Gasteiger partial charge in [0.2, 0.25) is 0 Å². The number of rotatable bonds is 9. The first-order valence-corrected chi connectivity index (χ1v) is 6.16. The van der Waals surface area contributed by atoms with E-state index in [2.05, 4.69) is 24.4 Å². The molecule has 0 spiro atoms. The lowest BCUT2D eigenvalue weighted by atomic mass is 10.2. The molecule has 0 bridgehead atoms. The Morgan fingerprint density at radius 1 is 1.24 bits per heavy atom. The van der Waals surface area contributed by atoms with Crippen molar-refractivity contribution in [3.05, 3.63) is 12.2 Å². The van der Waals surface area contributed by atoms with Crippen molar-refractivity contribution in [2.75, 3.05) is 20.6 Å². The fourth-order valence-corrected chi connectivity index (χ4v) is 1.45. The maximum atomic E-state index is 11.5. The molecule has 0 saturated heterocycles. The average molecular weight is 244 g/mol. The number of carbonyl (C=O) groups is 1. The van der Waals surface area contributed by atoms with Crippen LogP contribution in [-0.4, -0.2) is 31.5 Å². The van der Waals surface area contributed by atoms with Crippen LogP contribution in [0.25, 0.3) is 0 Å². The molecular formula is C12H26N3O2+. The van der Waals surface area contributed by atoms with Gasteiger partial charge >= 0.3 is 5.97 Å². The molecule has 100 valence electrons. The van der Waals surface area contributed by atoms with Crippen molar-refractivity contribution in [3.63, 3.8) is 0 Å². The molecule has 0 heterocycles. The van der Waals surface area contributed by atoms with Gasteiger partial charge in [0.25, 0.3) is 0 Å². The number of quaternary nitrogens is 1. The second-order valence-electron chi connectivity index (χ2n) is 4.13. The minimum absolute atomic E-state index is 0.0740. The van der Waals surface area contributed by atoms with E-state index < -0.39 is 5.97 Å². The molecule has 0 aliphatic rings. The fraction of sp³-hybridized carbons (Fsp3) is 0.750. The van der Waals surface area contributed by atoms with Gasteiger partial charge < -0.3 is 0 Å². The van der Waals surface area contributed by atoms with Crippen LogP contribution in [0.5, 0.6) is 0 Å². The normalized spacial score (nSPS) is 11.3. The van der Waals surface area contributed by atoms with E-state index in [9.17, 15) is 4.79 Å². The Hall–Kier alpha value is -0.910. The van der Waals surface area contributed by atoms with Gasteiger partial charge in [-0.25, -0.2) is 9.63 Å². The number of hydrogen-bond donors (Lipinski definition) is 2. The second-order valence-corrected chi connectivity index (χ2v) is 4.13. The third-order valence-corrected chi connectivity index (χ3v) is 2.64. The zero-order valence-corrected chi connectivity index (χ0v) is 11.5. The minimum atomic E-state index is -0.399. The van der Waals surface area contributed by atoms with Crippen molar-refractivity contribution < 1.29 is 14.5 Å². The maximum absolute atomic E-state index is 11.5. The Bertz CT molecular complexity index is 250.